The zero-order valence-corrected chi connectivity index (χ0v) is 23.5. The van der Waals surface area contributed by atoms with Gasteiger partial charge >= 0.3 is 7.12 Å². The van der Waals surface area contributed by atoms with Crippen LogP contribution in [-0.2, 0) is 21.1 Å². The van der Waals surface area contributed by atoms with Gasteiger partial charge in [-0.25, -0.2) is 4.98 Å². The van der Waals surface area contributed by atoms with Gasteiger partial charge < -0.3 is 14.3 Å². The van der Waals surface area contributed by atoms with Crippen LogP contribution < -0.4 is 5.46 Å². The molecule has 2 heterocycles. The van der Waals surface area contributed by atoms with Crippen LogP contribution in [0.3, 0.4) is 0 Å². The molecule has 0 unspecified atom stereocenters. The fourth-order valence-corrected chi connectivity index (χ4v) is 7.73. The number of hydrogen-bond donors (Lipinski definition) is 1. The van der Waals surface area contributed by atoms with Crippen molar-refractivity contribution in [3.8, 4) is 22.4 Å². The molecule has 1 aromatic heterocycles. The van der Waals surface area contributed by atoms with Gasteiger partial charge in [-0.15, -0.1) is 0 Å². The standard InChI is InChI=1S/C33H41BN2O2/c1-31(2)32(3,4)38-34(37-31)27-16-15-25(29-26(27)17-20-33(29)18-7-8-19-33)22-11-13-23(14-12-22)28-21-35-30(36-28)24-9-5-6-10-24/h11-16,21,24H,5-10,17-20H2,1-4H3,(H,35,36). The summed E-state index contributed by atoms with van der Waals surface area (Å²) in [5.74, 6) is 1.77. The van der Waals surface area contributed by atoms with Crippen LogP contribution in [0, 0.1) is 0 Å². The molecule has 7 rings (SSSR count). The van der Waals surface area contributed by atoms with Crippen molar-refractivity contribution in [3.05, 3.63) is 59.5 Å². The van der Waals surface area contributed by atoms with E-state index in [0.717, 1.165) is 12.1 Å². The van der Waals surface area contributed by atoms with Crippen LogP contribution in [0.1, 0.15) is 108 Å². The molecular formula is C33H41BN2O2. The first kappa shape index (κ1) is 24.7. The van der Waals surface area contributed by atoms with Crippen molar-refractivity contribution >= 4 is 12.6 Å². The van der Waals surface area contributed by atoms with E-state index in [4.69, 9.17) is 14.3 Å². The average Bonchev–Trinajstić information content (AvgIpc) is 3.72. The lowest BCUT2D eigenvalue weighted by atomic mass is 9.70. The smallest absolute Gasteiger partial charge is 0.399 e. The molecule has 1 N–H and O–H groups in total. The summed E-state index contributed by atoms with van der Waals surface area (Å²) in [6.45, 7) is 8.60. The zero-order valence-electron chi connectivity index (χ0n) is 23.5. The SMILES string of the molecule is CC1(C)OB(c2ccc(-c3ccc(-c4cnc(C5CCCC5)[nH]4)cc3)c3c2CCC32CCCC2)OC1(C)C. The van der Waals surface area contributed by atoms with E-state index in [1.54, 1.807) is 5.56 Å². The fraction of sp³-hybridized carbons (Fsp3) is 0.545. The van der Waals surface area contributed by atoms with E-state index in [0.29, 0.717) is 11.3 Å². The van der Waals surface area contributed by atoms with Crippen molar-refractivity contribution in [2.24, 2.45) is 0 Å². The van der Waals surface area contributed by atoms with Crippen molar-refractivity contribution in [2.75, 3.05) is 0 Å². The largest absolute Gasteiger partial charge is 0.495 e. The topological polar surface area (TPSA) is 47.1 Å². The maximum Gasteiger partial charge on any atom is 0.495 e. The van der Waals surface area contributed by atoms with E-state index >= 15 is 0 Å². The first-order valence-corrected chi connectivity index (χ1v) is 14.9. The molecule has 1 saturated heterocycles. The molecule has 0 bridgehead atoms. The number of aromatic nitrogens is 2. The second kappa shape index (κ2) is 8.82. The van der Waals surface area contributed by atoms with Crippen LogP contribution in [0.4, 0.5) is 0 Å². The lowest BCUT2D eigenvalue weighted by Crippen LogP contribution is -2.41. The number of H-pyrrole nitrogens is 1. The summed E-state index contributed by atoms with van der Waals surface area (Å²) in [5, 5.41) is 0. The fourth-order valence-electron chi connectivity index (χ4n) is 7.73. The number of rotatable bonds is 4. The van der Waals surface area contributed by atoms with Gasteiger partial charge in [0.15, 0.2) is 0 Å². The number of aromatic amines is 1. The van der Waals surface area contributed by atoms with Crippen LogP contribution >= 0.6 is 0 Å². The number of nitrogens with zero attached hydrogens (tertiary/aromatic N) is 1. The third-order valence-electron chi connectivity index (χ3n) is 10.6. The minimum absolute atomic E-state index is 0.295. The first-order chi connectivity index (χ1) is 18.3. The Labute approximate surface area is 228 Å². The van der Waals surface area contributed by atoms with Crippen LogP contribution in [0.15, 0.2) is 42.6 Å². The summed E-state index contributed by atoms with van der Waals surface area (Å²) in [5.41, 5.74) is 9.04. The van der Waals surface area contributed by atoms with Gasteiger partial charge in [0.1, 0.15) is 5.82 Å². The predicted octanol–water partition coefficient (Wildman–Crippen LogP) is 7.46. The van der Waals surface area contributed by atoms with Gasteiger partial charge in [0.05, 0.1) is 23.1 Å². The Bertz CT molecular complexity index is 1330. The van der Waals surface area contributed by atoms with Crippen LogP contribution in [-0.4, -0.2) is 28.3 Å². The summed E-state index contributed by atoms with van der Waals surface area (Å²) >= 11 is 0. The summed E-state index contributed by atoms with van der Waals surface area (Å²) in [6.07, 6.45) is 14.9. The Morgan fingerprint density at radius 2 is 1.47 bits per heavy atom. The molecule has 5 heteroatoms. The molecule has 0 radical (unpaired) electrons. The monoisotopic (exact) mass is 508 g/mol. The number of hydrogen-bond acceptors (Lipinski definition) is 3. The van der Waals surface area contributed by atoms with E-state index in [9.17, 15) is 0 Å². The summed E-state index contributed by atoms with van der Waals surface area (Å²) in [6, 6.07) is 13.8. The van der Waals surface area contributed by atoms with Gasteiger partial charge in [-0.05, 0) is 105 Å². The molecule has 4 nitrogen and oxygen atoms in total. The predicted molar refractivity (Wildman–Crippen MR) is 155 cm³/mol. The molecule has 3 aliphatic carbocycles. The quantitative estimate of drug-likeness (QED) is 0.372. The molecule has 3 aromatic rings. The number of nitrogens with one attached hydrogen (secondary N) is 1. The Kier molecular flexibility index (Phi) is 5.73. The van der Waals surface area contributed by atoms with Gasteiger partial charge in [-0.3, -0.25) is 0 Å². The number of imidazole rings is 1. The first-order valence-electron chi connectivity index (χ1n) is 14.9. The number of fused-ring (bicyclic) bond motifs is 2. The van der Waals surface area contributed by atoms with E-state index in [1.165, 1.54) is 91.3 Å². The molecular weight excluding hydrogens is 467 g/mol. The second-order valence-electron chi connectivity index (χ2n) is 13.4. The lowest BCUT2D eigenvalue weighted by molar-refractivity contribution is 0.00578. The van der Waals surface area contributed by atoms with Crippen LogP contribution in [0.2, 0.25) is 0 Å². The molecule has 0 amide bonds. The molecule has 0 atom stereocenters. The third kappa shape index (κ3) is 3.84. The maximum absolute atomic E-state index is 6.54. The van der Waals surface area contributed by atoms with Gasteiger partial charge in [0, 0.05) is 5.92 Å². The summed E-state index contributed by atoms with van der Waals surface area (Å²) in [7, 11) is -0.295. The highest BCUT2D eigenvalue weighted by Gasteiger charge is 2.53. The van der Waals surface area contributed by atoms with Crippen molar-refractivity contribution < 1.29 is 9.31 Å². The molecule has 1 aliphatic heterocycles. The van der Waals surface area contributed by atoms with Crippen molar-refractivity contribution in [2.45, 2.75) is 114 Å². The highest BCUT2D eigenvalue weighted by atomic mass is 16.7. The van der Waals surface area contributed by atoms with E-state index in [1.807, 2.05) is 6.20 Å². The van der Waals surface area contributed by atoms with Crippen LogP contribution in [0.25, 0.3) is 22.4 Å². The Hall–Kier alpha value is -2.37. The zero-order chi connectivity index (χ0) is 26.1. The number of benzene rings is 2. The Morgan fingerprint density at radius 3 is 2.16 bits per heavy atom. The normalized spacial score (nSPS) is 23.5. The molecule has 1 spiro atoms. The van der Waals surface area contributed by atoms with E-state index in [2.05, 4.69) is 69.1 Å². The van der Waals surface area contributed by atoms with E-state index in [-0.39, 0.29) is 18.3 Å². The Balaban J connectivity index is 1.25. The Morgan fingerprint density at radius 1 is 0.816 bits per heavy atom. The van der Waals surface area contributed by atoms with Gasteiger partial charge in [0.2, 0.25) is 0 Å². The summed E-state index contributed by atoms with van der Waals surface area (Å²) in [4.78, 5) is 8.36. The molecule has 4 aliphatic rings. The maximum atomic E-state index is 6.54. The molecule has 2 saturated carbocycles. The third-order valence-corrected chi connectivity index (χ3v) is 10.6. The second-order valence-corrected chi connectivity index (χ2v) is 13.4. The molecule has 198 valence electrons. The highest BCUT2D eigenvalue weighted by molar-refractivity contribution is 6.62. The van der Waals surface area contributed by atoms with E-state index < -0.39 is 0 Å². The van der Waals surface area contributed by atoms with Gasteiger partial charge in [0.25, 0.3) is 0 Å². The summed E-state index contributed by atoms with van der Waals surface area (Å²) < 4.78 is 13.1. The minimum Gasteiger partial charge on any atom is -0.399 e. The van der Waals surface area contributed by atoms with Crippen molar-refractivity contribution in [1.82, 2.24) is 9.97 Å². The minimum atomic E-state index is -0.326. The van der Waals surface area contributed by atoms with Crippen molar-refractivity contribution in [3.63, 3.8) is 0 Å². The van der Waals surface area contributed by atoms with Gasteiger partial charge in [-0.2, -0.15) is 0 Å². The molecule has 3 fully saturated rings. The van der Waals surface area contributed by atoms with Gasteiger partial charge in [-0.1, -0.05) is 62.1 Å². The van der Waals surface area contributed by atoms with Crippen LogP contribution in [0.5, 0.6) is 0 Å². The molecule has 2 aromatic carbocycles. The van der Waals surface area contributed by atoms with Crippen molar-refractivity contribution in [1.29, 1.82) is 0 Å². The average molecular weight is 509 g/mol. The molecule has 38 heavy (non-hydrogen) atoms. The highest BCUT2D eigenvalue weighted by Crippen LogP contribution is 2.53. The lowest BCUT2D eigenvalue weighted by Gasteiger charge is -2.32.